The Morgan fingerprint density at radius 1 is 1.07 bits per heavy atom. The van der Waals surface area contributed by atoms with Crippen LogP contribution in [0, 0.1) is 0 Å². The number of nitrogens with one attached hydrogen (secondary N) is 1. The fourth-order valence-corrected chi connectivity index (χ4v) is 3.27. The SMILES string of the molecule is CCS(=O)(=O)Nc1cccc(C(=O)N(C)Cc2ccc(C(C)(C)C)cc2)c1. The van der Waals surface area contributed by atoms with E-state index >= 15 is 0 Å². The van der Waals surface area contributed by atoms with Crippen LogP contribution in [0.5, 0.6) is 0 Å². The summed E-state index contributed by atoms with van der Waals surface area (Å²) in [4.78, 5) is 14.3. The third-order valence-electron chi connectivity index (χ3n) is 4.35. The van der Waals surface area contributed by atoms with E-state index in [4.69, 9.17) is 0 Å². The second kappa shape index (κ2) is 8.13. The number of benzene rings is 2. The molecule has 0 spiro atoms. The predicted octanol–water partition coefficient (Wildman–Crippen LogP) is 4.02. The molecule has 0 aliphatic heterocycles. The lowest BCUT2D eigenvalue weighted by Gasteiger charge is -2.21. The van der Waals surface area contributed by atoms with Crippen molar-refractivity contribution in [2.45, 2.75) is 39.7 Å². The highest BCUT2D eigenvalue weighted by Crippen LogP contribution is 2.22. The van der Waals surface area contributed by atoms with E-state index in [2.05, 4.69) is 37.6 Å². The Morgan fingerprint density at radius 2 is 1.70 bits per heavy atom. The summed E-state index contributed by atoms with van der Waals surface area (Å²) in [5.74, 6) is -0.178. The highest BCUT2D eigenvalue weighted by atomic mass is 32.2. The van der Waals surface area contributed by atoms with E-state index in [0.717, 1.165) is 5.56 Å². The van der Waals surface area contributed by atoms with Crippen molar-refractivity contribution in [3.05, 3.63) is 65.2 Å². The second-order valence-corrected chi connectivity index (χ2v) is 9.71. The van der Waals surface area contributed by atoms with Gasteiger partial charge in [-0.05, 0) is 41.7 Å². The monoisotopic (exact) mass is 388 g/mol. The normalized spacial score (nSPS) is 11.9. The first-order chi connectivity index (χ1) is 12.5. The third kappa shape index (κ3) is 5.82. The molecule has 6 heteroatoms. The van der Waals surface area contributed by atoms with Gasteiger partial charge < -0.3 is 4.90 Å². The van der Waals surface area contributed by atoms with Crippen LogP contribution in [0.25, 0.3) is 0 Å². The molecule has 0 heterocycles. The van der Waals surface area contributed by atoms with Crippen LogP contribution in [-0.2, 0) is 22.0 Å². The van der Waals surface area contributed by atoms with E-state index in [1.54, 1.807) is 43.1 Å². The first-order valence-corrected chi connectivity index (χ1v) is 10.6. The van der Waals surface area contributed by atoms with Crippen molar-refractivity contribution in [1.82, 2.24) is 4.90 Å². The molecule has 0 bridgehead atoms. The Kier molecular flexibility index (Phi) is 6.31. The minimum atomic E-state index is -3.37. The number of carbonyl (C=O) groups excluding carboxylic acids is 1. The molecule has 1 N–H and O–H groups in total. The molecule has 0 saturated heterocycles. The summed E-state index contributed by atoms with van der Waals surface area (Å²) in [6.45, 7) is 8.54. The van der Waals surface area contributed by atoms with E-state index in [1.165, 1.54) is 5.56 Å². The molecule has 2 rings (SSSR count). The van der Waals surface area contributed by atoms with Crippen molar-refractivity contribution in [2.75, 3.05) is 17.5 Å². The highest BCUT2D eigenvalue weighted by molar-refractivity contribution is 7.92. The van der Waals surface area contributed by atoms with Crippen molar-refractivity contribution in [3.8, 4) is 0 Å². The summed E-state index contributed by atoms with van der Waals surface area (Å²) < 4.78 is 25.9. The van der Waals surface area contributed by atoms with E-state index in [0.29, 0.717) is 17.8 Å². The third-order valence-corrected chi connectivity index (χ3v) is 5.66. The summed E-state index contributed by atoms with van der Waals surface area (Å²) in [7, 11) is -1.64. The molecule has 0 aromatic heterocycles. The van der Waals surface area contributed by atoms with Crippen LogP contribution in [-0.4, -0.2) is 32.0 Å². The molecule has 27 heavy (non-hydrogen) atoms. The molecular formula is C21H28N2O3S. The summed E-state index contributed by atoms with van der Waals surface area (Å²) >= 11 is 0. The van der Waals surface area contributed by atoms with Gasteiger partial charge in [-0.3, -0.25) is 9.52 Å². The molecule has 2 aromatic carbocycles. The predicted molar refractivity (Wildman–Crippen MR) is 110 cm³/mol. The molecule has 2 aromatic rings. The van der Waals surface area contributed by atoms with Crippen LogP contribution in [0.3, 0.4) is 0 Å². The highest BCUT2D eigenvalue weighted by Gasteiger charge is 2.16. The Morgan fingerprint density at radius 3 is 2.26 bits per heavy atom. The van der Waals surface area contributed by atoms with Crippen LogP contribution in [0.2, 0.25) is 0 Å². The largest absolute Gasteiger partial charge is 0.337 e. The number of hydrogen-bond donors (Lipinski definition) is 1. The van der Waals surface area contributed by atoms with Crippen molar-refractivity contribution >= 4 is 21.6 Å². The minimum absolute atomic E-state index is 0.0182. The van der Waals surface area contributed by atoms with Crippen LogP contribution < -0.4 is 4.72 Å². The van der Waals surface area contributed by atoms with Gasteiger partial charge in [-0.15, -0.1) is 0 Å². The van der Waals surface area contributed by atoms with Crippen LogP contribution in [0.4, 0.5) is 5.69 Å². The van der Waals surface area contributed by atoms with Crippen LogP contribution in [0.15, 0.2) is 48.5 Å². The Balaban J connectivity index is 2.11. The number of amides is 1. The fourth-order valence-electron chi connectivity index (χ4n) is 2.64. The molecule has 0 aliphatic carbocycles. The van der Waals surface area contributed by atoms with Crippen molar-refractivity contribution < 1.29 is 13.2 Å². The Hall–Kier alpha value is -2.34. The van der Waals surface area contributed by atoms with E-state index < -0.39 is 10.0 Å². The number of carbonyl (C=O) groups is 1. The molecular weight excluding hydrogens is 360 g/mol. The van der Waals surface area contributed by atoms with Gasteiger partial charge in [0.15, 0.2) is 0 Å². The second-order valence-electron chi connectivity index (χ2n) is 7.69. The van der Waals surface area contributed by atoms with E-state index in [-0.39, 0.29) is 17.1 Å². The van der Waals surface area contributed by atoms with Gasteiger partial charge in [0.05, 0.1) is 5.75 Å². The Labute approximate surface area is 162 Å². The maximum Gasteiger partial charge on any atom is 0.253 e. The van der Waals surface area contributed by atoms with Crippen molar-refractivity contribution in [2.24, 2.45) is 0 Å². The lowest BCUT2D eigenvalue weighted by atomic mass is 9.87. The molecule has 146 valence electrons. The quantitative estimate of drug-likeness (QED) is 0.813. The lowest BCUT2D eigenvalue weighted by molar-refractivity contribution is 0.0785. The van der Waals surface area contributed by atoms with Crippen molar-refractivity contribution in [3.63, 3.8) is 0 Å². The number of rotatable bonds is 6. The Bertz CT molecular complexity index is 898. The lowest BCUT2D eigenvalue weighted by Crippen LogP contribution is -2.26. The zero-order valence-corrected chi connectivity index (χ0v) is 17.4. The number of hydrogen-bond acceptors (Lipinski definition) is 3. The molecule has 0 saturated carbocycles. The average molecular weight is 389 g/mol. The molecule has 5 nitrogen and oxygen atoms in total. The van der Waals surface area contributed by atoms with Gasteiger partial charge in [0.25, 0.3) is 5.91 Å². The van der Waals surface area contributed by atoms with E-state index in [9.17, 15) is 13.2 Å². The van der Waals surface area contributed by atoms with Gasteiger partial charge in [-0.2, -0.15) is 0 Å². The van der Waals surface area contributed by atoms with Gasteiger partial charge >= 0.3 is 0 Å². The van der Waals surface area contributed by atoms with E-state index in [1.807, 2.05) is 12.1 Å². The maximum absolute atomic E-state index is 12.7. The van der Waals surface area contributed by atoms with Gasteiger partial charge in [0, 0.05) is 24.8 Å². The minimum Gasteiger partial charge on any atom is -0.337 e. The summed E-state index contributed by atoms with van der Waals surface area (Å²) in [5, 5.41) is 0. The van der Waals surface area contributed by atoms with Gasteiger partial charge in [-0.25, -0.2) is 8.42 Å². The topological polar surface area (TPSA) is 66.5 Å². The van der Waals surface area contributed by atoms with Gasteiger partial charge in [-0.1, -0.05) is 51.1 Å². The molecule has 0 radical (unpaired) electrons. The standard InChI is InChI=1S/C21H28N2O3S/c1-6-27(25,26)22-19-9-7-8-17(14-19)20(24)23(5)15-16-10-12-18(13-11-16)21(2,3)4/h7-14,22H,6,15H2,1-5H3. The fraction of sp³-hybridized carbons (Fsp3) is 0.381. The zero-order valence-electron chi connectivity index (χ0n) is 16.6. The molecule has 0 unspecified atom stereocenters. The molecule has 0 fully saturated rings. The number of anilines is 1. The molecule has 0 atom stereocenters. The van der Waals surface area contributed by atoms with Crippen LogP contribution in [0.1, 0.15) is 49.2 Å². The molecule has 1 amide bonds. The molecule has 0 aliphatic rings. The summed E-state index contributed by atoms with van der Waals surface area (Å²) in [5.41, 5.74) is 3.22. The zero-order chi connectivity index (χ0) is 20.2. The smallest absolute Gasteiger partial charge is 0.253 e. The first kappa shape index (κ1) is 21.0. The summed E-state index contributed by atoms with van der Waals surface area (Å²) in [6.07, 6.45) is 0. The average Bonchev–Trinajstić information content (AvgIpc) is 2.60. The summed E-state index contributed by atoms with van der Waals surface area (Å²) in [6, 6.07) is 14.8. The van der Waals surface area contributed by atoms with Gasteiger partial charge in [0.1, 0.15) is 0 Å². The van der Waals surface area contributed by atoms with Gasteiger partial charge in [0.2, 0.25) is 10.0 Å². The first-order valence-electron chi connectivity index (χ1n) is 8.97. The van der Waals surface area contributed by atoms with Crippen molar-refractivity contribution in [1.29, 1.82) is 0 Å². The van der Waals surface area contributed by atoms with Crippen LogP contribution >= 0.6 is 0 Å². The maximum atomic E-state index is 12.7. The number of nitrogens with zero attached hydrogens (tertiary/aromatic N) is 1. The number of sulfonamides is 1.